The molecule has 1 N–H and O–H groups in total. The second-order valence-electron chi connectivity index (χ2n) is 5.46. The van der Waals surface area contributed by atoms with E-state index in [4.69, 9.17) is 9.15 Å². The Morgan fingerprint density at radius 1 is 1.21 bits per heavy atom. The molecule has 0 saturated carbocycles. The van der Waals surface area contributed by atoms with Crippen molar-refractivity contribution in [2.24, 2.45) is 7.05 Å². The lowest BCUT2D eigenvalue weighted by molar-refractivity contribution is 0.0954. The van der Waals surface area contributed by atoms with Crippen molar-refractivity contribution in [3.8, 4) is 5.75 Å². The third kappa shape index (κ3) is 3.17. The molecule has 0 unspecified atom stereocenters. The Kier molecular flexibility index (Phi) is 4.37. The molecule has 0 spiro atoms. The number of hydrogen-bond acceptors (Lipinski definition) is 4. The predicted octanol–water partition coefficient (Wildman–Crippen LogP) is 2.11. The van der Waals surface area contributed by atoms with Crippen LogP contribution in [-0.2, 0) is 13.5 Å². The Labute approximate surface area is 138 Å². The van der Waals surface area contributed by atoms with Crippen LogP contribution >= 0.6 is 0 Å². The zero-order chi connectivity index (χ0) is 17.1. The summed E-state index contributed by atoms with van der Waals surface area (Å²) in [5.41, 5.74) is 2.68. The van der Waals surface area contributed by atoms with E-state index in [0.29, 0.717) is 23.2 Å². The normalized spacial score (nSPS) is 10.8. The van der Waals surface area contributed by atoms with Crippen LogP contribution in [-0.4, -0.2) is 24.1 Å². The average Bonchev–Trinajstić information content (AvgIpc) is 2.89. The quantitative estimate of drug-likeness (QED) is 0.779. The molecule has 0 aliphatic carbocycles. The molecule has 1 heterocycles. The molecule has 1 amide bonds. The van der Waals surface area contributed by atoms with Crippen LogP contribution in [0, 0.1) is 0 Å². The predicted molar refractivity (Wildman–Crippen MR) is 90.5 cm³/mol. The number of oxazole rings is 1. The summed E-state index contributed by atoms with van der Waals surface area (Å²) in [6.07, 6.45) is 0.724. The van der Waals surface area contributed by atoms with Crippen molar-refractivity contribution >= 4 is 17.0 Å². The summed E-state index contributed by atoms with van der Waals surface area (Å²) in [5, 5.41) is 2.88. The summed E-state index contributed by atoms with van der Waals surface area (Å²) in [7, 11) is 3.24. The Morgan fingerprint density at radius 3 is 2.67 bits per heavy atom. The molecular weight excluding hydrogens is 308 g/mol. The Balaban J connectivity index is 1.64. The van der Waals surface area contributed by atoms with Gasteiger partial charge in [0.25, 0.3) is 5.91 Å². The second kappa shape index (κ2) is 6.62. The van der Waals surface area contributed by atoms with Gasteiger partial charge in [-0.25, -0.2) is 4.79 Å². The molecule has 3 aromatic rings. The number of ether oxygens (including phenoxy) is 1. The van der Waals surface area contributed by atoms with Crippen molar-refractivity contribution in [3.63, 3.8) is 0 Å². The molecule has 1 aromatic heterocycles. The molecular formula is C18H18N2O4. The number of amides is 1. The first-order chi connectivity index (χ1) is 11.6. The lowest BCUT2D eigenvalue weighted by Gasteiger charge is -2.06. The number of methoxy groups -OCH3 is 1. The van der Waals surface area contributed by atoms with E-state index >= 15 is 0 Å². The minimum atomic E-state index is -0.443. The highest BCUT2D eigenvalue weighted by Gasteiger charge is 2.10. The van der Waals surface area contributed by atoms with Crippen molar-refractivity contribution in [2.45, 2.75) is 6.42 Å². The van der Waals surface area contributed by atoms with Crippen LogP contribution in [0.3, 0.4) is 0 Å². The first-order valence-corrected chi connectivity index (χ1v) is 7.59. The van der Waals surface area contributed by atoms with Crippen LogP contribution < -0.4 is 15.8 Å². The maximum Gasteiger partial charge on any atom is 0.419 e. The van der Waals surface area contributed by atoms with Crippen LogP contribution in [0.1, 0.15) is 15.9 Å². The summed E-state index contributed by atoms with van der Waals surface area (Å²) in [4.78, 5) is 23.7. The van der Waals surface area contributed by atoms with Crippen LogP contribution in [0.15, 0.2) is 51.7 Å². The summed E-state index contributed by atoms with van der Waals surface area (Å²) >= 11 is 0. The SMILES string of the molecule is COc1ccc(CCNC(=O)c2ccc3oc(=O)n(C)c3c2)cc1. The maximum absolute atomic E-state index is 12.2. The number of benzene rings is 2. The molecule has 124 valence electrons. The smallest absolute Gasteiger partial charge is 0.419 e. The minimum Gasteiger partial charge on any atom is -0.497 e. The fraction of sp³-hybridized carbons (Fsp3) is 0.222. The van der Waals surface area contributed by atoms with Crippen molar-refractivity contribution < 1.29 is 13.9 Å². The number of rotatable bonds is 5. The van der Waals surface area contributed by atoms with E-state index in [0.717, 1.165) is 17.7 Å². The fourth-order valence-corrected chi connectivity index (χ4v) is 2.48. The second-order valence-corrected chi connectivity index (χ2v) is 5.46. The highest BCUT2D eigenvalue weighted by Crippen LogP contribution is 2.14. The Bertz CT molecular complexity index is 922. The molecule has 6 heteroatoms. The minimum absolute atomic E-state index is 0.181. The van der Waals surface area contributed by atoms with Gasteiger partial charge in [-0.2, -0.15) is 0 Å². The van der Waals surface area contributed by atoms with Crippen molar-refractivity contribution in [1.82, 2.24) is 9.88 Å². The molecule has 0 radical (unpaired) electrons. The van der Waals surface area contributed by atoms with Gasteiger partial charge in [-0.05, 0) is 42.3 Å². The number of nitrogens with one attached hydrogen (secondary N) is 1. The van der Waals surface area contributed by atoms with Gasteiger partial charge in [0, 0.05) is 19.2 Å². The highest BCUT2D eigenvalue weighted by atomic mass is 16.5. The van der Waals surface area contributed by atoms with Crippen molar-refractivity contribution in [1.29, 1.82) is 0 Å². The van der Waals surface area contributed by atoms with Gasteiger partial charge < -0.3 is 14.5 Å². The number of carbonyl (C=O) groups is 1. The molecule has 0 bridgehead atoms. The molecule has 0 atom stereocenters. The van der Waals surface area contributed by atoms with Gasteiger partial charge in [0.05, 0.1) is 12.6 Å². The van der Waals surface area contributed by atoms with Crippen molar-refractivity contribution in [3.05, 3.63) is 64.1 Å². The van der Waals surface area contributed by atoms with Gasteiger partial charge in [-0.15, -0.1) is 0 Å². The fourth-order valence-electron chi connectivity index (χ4n) is 2.48. The van der Waals surface area contributed by atoms with E-state index in [-0.39, 0.29) is 5.91 Å². The van der Waals surface area contributed by atoms with Gasteiger partial charge in [0.1, 0.15) is 5.75 Å². The number of nitrogens with zero attached hydrogens (tertiary/aromatic N) is 1. The van der Waals surface area contributed by atoms with Crippen LogP contribution in [0.25, 0.3) is 11.1 Å². The van der Waals surface area contributed by atoms with Crippen LogP contribution in [0.2, 0.25) is 0 Å². The molecule has 0 aliphatic rings. The molecule has 0 saturated heterocycles. The molecule has 2 aromatic carbocycles. The molecule has 24 heavy (non-hydrogen) atoms. The van der Waals surface area contributed by atoms with E-state index in [1.54, 1.807) is 32.4 Å². The van der Waals surface area contributed by atoms with E-state index in [9.17, 15) is 9.59 Å². The summed E-state index contributed by atoms with van der Waals surface area (Å²) in [6.45, 7) is 0.521. The van der Waals surface area contributed by atoms with Gasteiger partial charge in [-0.1, -0.05) is 12.1 Å². The summed E-state index contributed by atoms with van der Waals surface area (Å²) in [5.74, 6) is 0.183. The number of aromatic nitrogens is 1. The average molecular weight is 326 g/mol. The molecule has 3 rings (SSSR count). The van der Waals surface area contributed by atoms with Gasteiger partial charge in [0.15, 0.2) is 5.58 Å². The van der Waals surface area contributed by atoms with E-state index in [1.807, 2.05) is 24.3 Å². The van der Waals surface area contributed by atoms with Crippen LogP contribution in [0.5, 0.6) is 5.75 Å². The molecule has 0 fully saturated rings. The van der Waals surface area contributed by atoms with E-state index in [1.165, 1.54) is 4.57 Å². The van der Waals surface area contributed by atoms with Gasteiger partial charge in [-0.3, -0.25) is 9.36 Å². The zero-order valence-corrected chi connectivity index (χ0v) is 13.5. The summed E-state index contributed by atoms with van der Waals surface area (Å²) < 4.78 is 11.5. The number of aryl methyl sites for hydroxylation is 1. The zero-order valence-electron chi connectivity index (χ0n) is 13.5. The Hall–Kier alpha value is -3.02. The lowest BCUT2D eigenvalue weighted by atomic mass is 10.1. The largest absolute Gasteiger partial charge is 0.497 e. The standard InChI is InChI=1S/C18H18N2O4/c1-20-15-11-13(5-8-16(15)24-18(20)22)17(21)19-10-9-12-3-6-14(23-2)7-4-12/h3-8,11H,9-10H2,1-2H3,(H,19,21). The highest BCUT2D eigenvalue weighted by molar-refractivity contribution is 5.97. The van der Waals surface area contributed by atoms with E-state index in [2.05, 4.69) is 5.32 Å². The van der Waals surface area contributed by atoms with Gasteiger partial charge in [0.2, 0.25) is 0 Å². The first kappa shape index (κ1) is 15.9. The number of fused-ring (bicyclic) bond motifs is 1. The number of hydrogen-bond donors (Lipinski definition) is 1. The van der Waals surface area contributed by atoms with Crippen LogP contribution in [0.4, 0.5) is 0 Å². The number of carbonyl (C=O) groups excluding carboxylic acids is 1. The first-order valence-electron chi connectivity index (χ1n) is 7.59. The third-order valence-corrected chi connectivity index (χ3v) is 3.91. The monoisotopic (exact) mass is 326 g/mol. The van der Waals surface area contributed by atoms with E-state index < -0.39 is 5.76 Å². The topological polar surface area (TPSA) is 73.5 Å². The molecule has 6 nitrogen and oxygen atoms in total. The third-order valence-electron chi connectivity index (χ3n) is 3.91. The van der Waals surface area contributed by atoms with Gasteiger partial charge >= 0.3 is 5.76 Å². The maximum atomic E-state index is 12.2. The lowest BCUT2D eigenvalue weighted by Crippen LogP contribution is -2.25. The Morgan fingerprint density at radius 2 is 1.96 bits per heavy atom. The molecule has 0 aliphatic heterocycles. The van der Waals surface area contributed by atoms with Crippen molar-refractivity contribution in [2.75, 3.05) is 13.7 Å². The summed E-state index contributed by atoms with van der Waals surface area (Å²) in [6, 6.07) is 12.7.